The quantitative estimate of drug-likeness (QED) is 0.791. The van der Waals surface area contributed by atoms with Gasteiger partial charge in [-0.1, -0.05) is 27.2 Å². The fourth-order valence-corrected chi connectivity index (χ4v) is 1.48. The molecule has 0 aliphatic heterocycles. The standard InChI is InChI=1S/C13H23N3O/c1-5-6-11(4)17-13-9-15-12(8-16-13)7-14-10(2)3/h8-11,14H,5-7H2,1-4H3. The monoisotopic (exact) mass is 237 g/mol. The summed E-state index contributed by atoms with van der Waals surface area (Å²) in [5.74, 6) is 0.610. The van der Waals surface area contributed by atoms with Crippen LogP contribution in [0.1, 0.15) is 46.2 Å². The summed E-state index contributed by atoms with van der Waals surface area (Å²) in [6.07, 6.45) is 5.82. The van der Waals surface area contributed by atoms with E-state index in [0.717, 1.165) is 25.1 Å². The Morgan fingerprint density at radius 3 is 2.53 bits per heavy atom. The maximum atomic E-state index is 5.64. The molecule has 1 atom stereocenters. The van der Waals surface area contributed by atoms with Gasteiger partial charge in [0.2, 0.25) is 5.88 Å². The van der Waals surface area contributed by atoms with Gasteiger partial charge in [0, 0.05) is 12.6 Å². The number of rotatable bonds is 7. The summed E-state index contributed by atoms with van der Waals surface area (Å²) in [6.45, 7) is 9.16. The van der Waals surface area contributed by atoms with Gasteiger partial charge in [0.25, 0.3) is 0 Å². The molecule has 0 aliphatic rings. The Morgan fingerprint density at radius 2 is 2.00 bits per heavy atom. The molecule has 0 spiro atoms. The summed E-state index contributed by atoms with van der Waals surface area (Å²) in [6, 6.07) is 0.456. The van der Waals surface area contributed by atoms with E-state index in [9.17, 15) is 0 Å². The maximum Gasteiger partial charge on any atom is 0.232 e. The Bertz CT molecular complexity index is 311. The fraction of sp³-hybridized carbons (Fsp3) is 0.692. The van der Waals surface area contributed by atoms with Crippen LogP contribution in [-0.4, -0.2) is 22.1 Å². The van der Waals surface area contributed by atoms with E-state index in [4.69, 9.17) is 4.74 Å². The van der Waals surface area contributed by atoms with Crippen molar-refractivity contribution in [3.63, 3.8) is 0 Å². The molecule has 17 heavy (non-hydrogen) atoms. The Balaban J connectivity index is 2.44. The number of nitrogens with one attached hydrogen (secondary N) is 1. The van der Waals surface area contributed by atoms with Crippen LogP contribution in [0.25, 0.3) is 0 Å². The first kappa shape index (κ1) is 13.9. The van der Waals surface area contributed by atoms with Crippen LogP contribution in [0.2, 0.25) is 0 Å². The molecule has 0 saturated heterocycles. The van der Waals surface area contributed by atoms with Gasteiger partial charge in [-0.15, -0.1) is 0 Å². The molecular formula is C13H23N3O. The molecule has 1 aromatic heterocycles. The van der Waals surface area contributed by atoms with Gasteiger partial charge < -0.3 is 10.1 Å². The molecule has 1 aromatic rings. The van der Waals surface area contributed by atoms with E-state index < -0.39 is 0 Å². The van der Waals surface area contributed by atoms with Crippen molar-refractivity contribution < 1.29 is 4.74 Å². The highest BCUT2D eigenvalue weighted by Gasteiger charge is 2.04. The molecule has 4 nitrogen and oxygen atoms in total. The Kier molecular flexibility index (Phi) is 5.91. The second-order valence-electron chi connectivity index (χ2n) is 4.60. The zero-order valence-corrected chi connectivity index (χ0v) is 11.2. The fourth-order valence-electron chi connectivity index (χ4n) is 1.48. The van der Waals surface area contributed by atoms with Crippen LogP contribution in [0.3, 0.4) is 0 Å². The van der Waals surface area contributed by atoms with Gasteiger partial charge in [0.05, 0.1) is 24.2 Å². The van der Waals surface area contributed by atoms with Gasteiger partial charge >= 0.3 is 0 Å². The number of aromatic nitrogens is 2. The molecule has 1 N–H and O–H groups in total. The molecule has 0 aromatic carbocycles. The lowest BCUT2D eigenvalue weighted by Gasteiger charge is -2.12. The third kappa shape index (κ3) is 5.63. The highest BCUT2D eigenvalue weighted by atomic mass is 16.5. The lowest BCUT2D eigenvalue weighted by molar-refractivity contribution is 0.200. The predicted octanol–water partition coefficient (Wildman–Crippen LogP) is 2.54. The van der Waals surface area contributed by atoms with E-state index in [1.165, 1.54) is 0 Å². The molecule has 0 aliphatic carbocycles. The lowest BCUT2D eigenvalue weighted by Crippen LogP contribution is -2.22. The van der Waals surface area contributed by atoms with Crippen LogP contribution in [0, 0.1) is 0 Å². The zero-order valence-electron chi connectivity index (χ0n) is 11.2. The summed E-state index contributed by atoms with van der Waals surface area (Å²) >= 11 is 0. The van der Waals surface area contributed by atoms with Crippen LogP contribution < -0.4 is 10.1 Å². The van der Waals surface area contributed by atoms with E-state index in [0.29, 0.717) is 11.9 Å². The molecule has 96 valence electrons. The maximum absolute atomic E-state index is 5.64. The lowest BCUT2D eigenvalue weighted by atomic mass is 10.2. The SMILES string of the molecule is CCCC(C)Oc1cnc(CNC(C)C)cn1. The van der Waals surface area contributed by atoms with Gasteiger partial charge in [-0.3, -0.25) is 4.98 Å². The minimum Gasteiger partial charge on any atom is -0.474 e. The number of hydrogen-bond donors (Lipinski definition) is 1. The summed E-state index contributed by atoms with van der Waals surface area (Å²) in [5.41, 5.74) is 0.939. The molecule has 1 unspecified atom stereocenters. The zero-order chi connectivity index (χ0) is 12.7. The van der Waals surface area contributed by atoms with Crippen molar-refractivity contribution in [2.45, 2.75) is 59.2 Å². The van der Waals surface area contributed by atoms with Crippen molar-refractivity contribution in [2.24, 2.45) is 0 Å². The first-order valence-electron chi connectivity index (χ1n) is 6.32. The molecule has 0 fully saturated rings. The van der Waals surface area contributed by atoms with E-state index >= 15 is 0 Å². The third-order valence-electron chi connectivity index (χ3n) is 2.39. The van der Waals surface area contributed by atoms with E-state index in [1.54, 1.807) is 12.4 Å². The minimum absolute atomic E-state index is 0.203. The predicted molar refractivity (Wildman–Crippen MR) is 69.0 cm³/mol. The highest BCUT2D eigenvalue weighted by molar-refractivity contribution is 5.07. The third-order valence-corrected chi connectivity index (χ3v) is 2.39. The minimum atomic E-state index is 0.203. The first-order chi connectivity index (χ1) is 8.11. The second kappa shape index (κ2) is 7.22. The molecule has 1 heterocycles. The summed E-state index contributed by atoms with van der Waals surface area (Å²) in [7, 11) is 0. The topological polar surface area (TPSA) is 47.0 Å². The van der Waals surface area contributed by atoms with Crippen molar-refractivity contribution in [3.8, 4) is 5.88 Å². The van der Waals surface area contributed by atoms with E-state index in [2.05, 4.69) is 43.0 Å². The second-order valence-corrected chi connectivity index (χ2v) is 4.60. The van der Waals surface area contributed by atoms with Crippen molar-refractivity contribution in [1.29, 1.82) is 0 Å². The molecule has 4 heteroatoms. The van der Waals surface area contributed by atoms with Crippen molar-refractivity contribution in [1.82, 2.24) is 15.3 Å². The van der Waals surface area contributed by atoms with Crippen LogP contribution in [0.4, 0.5) is 0 Å². The highest BCUT2D eigenvalue weighted by Crippen LogP contribution is 2.09. The van der Waals surface area contributed by atoms with Gasteiger partial charge in [-0.25, -0.2) is 4.98 Å². The van der Waals surface area contributed by atoms with E-state index in [1.807, 2.05) is 0 Å². The summed E-state index contributed by atoms with van der Waals surface area (Å²) in [4.78, 5) is 8.57. The summed E-state index contributed by atoms with van der Waals surface area (Å²) < 4.78 is 5.64. The Morgan fingerprint density at radius 1 is 1.24 bits per heavy atom. The van der Waals surface area contributed by atoms with E-state index in [-0.39, 0.29) is 6.10 Å². The van der Waals surface area contributed by atoms with Crippen molar-refractivity contribution in [2.75, 3.05) is 0 Å². The van der Waals surface area contributed by atoms with Crippen LogP contribution in [0.15, 0.2) is 12.4 Å². The Hall–Kier alpha value is -1.16. The van der Waals surface area contributed by atoms with Crippen LogP contribution in [-0.2, 0) is 6.54 Å². The smallest absolute Gasteiger partial charge is 0.232 e. The normalized spacial score (nSPS) is 12.8. The average molecular weight is 237 g/mol. The largest absolute Gasteiger partial charge is 0.474 e. The molecule has 0 amide bonds. The molecular weight excluding hydrogens is 214 g/mol. The molecule has 0 saturated carbocycles. The van der Waals surface area contributed by atoms with Crippen molar-refractivity contribution in [3.05, 3.63) is 18.1 Å². The van der Waals surface area contributed by atoms with Crippen LogP contribution >= 0.6 is 0 Å². The molecule has 0 radical (unpaired) electrons. The average Bonchev–Trinajstić information content (AvgIpc) is 2.28. The van der Waals surface area contributed by atoms with Gasteiger partial charge in [-0.05, 0) is 13.3 Å². The number of ether oxygens (including phenoxy) is 1. The van der Waals surface area contributed by atoms with Crippen molar-refractivity contribution >= 4 is 0 Å². The van der Waals surface area contributed by atoms with Crippen LogP contribution in [0.5, 0.6) is 5.88 Å². The first-order valence-corrected chi connectivity index (χ1v) is 6.32. The summed E-state index contributed by atoms with van der Waals surface area (Å²) in [5, 5.41) is 3.30. The van der Waals surface area contributed by atoms with Gasteiger partial charge in [-0.2, -0.15) is 0 Å². The Labute approximate surface area is 104 Å². The molecule has 1 rings (SSSR count). The van der Waals surface area contributed by atoms with Gasteiger partial charge in [0.15, 0.2) is 0 Å². The molecule has 0 bridgehead atoms. The number of nitrogens with zero attached hydrogens (tertiary/aromatic N) is 2. The van der Waals surface area contributed by atoms with Gasteiger partial charge in [0.1, 0.15) is 0 Å². The number of hydrogen-bond acceptors (Lipinski definition) is 4.